The van der Waals surface area contributed by atoms with E-state index in [2.05, 4.69) is 45.9 Å². The molecule has 2 heterocycles. The Bertz CT molecular complexity index is 636. The quantitative estimate of drug-likeness (QED) is 0.439. The highest BCUT2D eigenvalue weighted by Crippen LogP contribution is 2.15. The molecule has 2 N–H and O–H groups in total. The van der Waals surface area contributed by atoms with Gasteiger partial charge in [-0.3, -0.25) is 9.67 Å². The molecule has 0 fully saturated rings. The van der Waals surface area contributed by atoms with Gasteiger partial charge in [0, 0.05) is 44.9 Å². The molecular weight excluding hydrogens is 304 g/mol. The summed E-state index contributed by atoms with van der Waals surface area (Å²) in [4.78, 5) is 4.27. The smallest absolute Gasteiger partial charge is 0.191 e. The van der Waals surface area contributed by atoms with Gasteiger partial charge in [0.2, 0.25) is 0 Å². The van der Waals surface area contributed by atoms with Gasteiger partial charge in [-0.15, -0.1) is 0 Å². The summed E-state index contributed by atoms with van der Waals surface area (Å²) in [6, 6.07) is 0. The van der Waals surface area contributed by atoms with Gasteiger partial charge < -0.3 is 15.2 Å². The van der Waals surface area contributed by atoms with E-state index in [4.69, 9.17) is 4.52 Å². The standard InChI is InChI=1S/C17H28N6O/c1-5-15-14(16(6-2)24-22-15)11-20-17(18-4)19-8-7-9-23-12-13(3)10-21-23/h10,12H,5-9,11H2,1-4H3,(H2,18,19,20). The van der Waals surface area contributed by atoms with Crippen molar-refractivity contribution < 1.29 is 4.52 Å². The molecule has 0 amide bonds. The summed E-state index contributed by atoms with van der Waals surface area (Å²) in [5, 5.41) is 15.1. The van der Waals surface area contributed by atoms with E-state index in [9.17, 15) is 0 Å². The number of rotatable bonds is 8. The Morgan fingerprint density at radius 3 is 2.75 bits per heavy atom. The molecule has 0 unspecified atom stereocenters. The summed E-state index contributed by atoms with van der Waals surface area (Å²) in [6.45, 7) is 8.62. The van der Waals surface area contributed by atoms with Gasteiger partial charge in [0.05, 0.1) is 11.9 Å². The number of hydrogen-bond donors (Lipinski definition) is 2. The third-order valence-electron chi connectivity index (χ3n) is 3.88. The third-order valence-corrected chi connectivity index (χ3v) is 3.88. The first-order valence-electron chi connectivity index (χ1n) is 8.57. The van der Waals surface area contributed by atoms with Gasteiger partial charge in [-0.1, -0.05) is 19.0 Å². The van der Waals surface area contributed by atoms with E-state index >= 15 is 0 Å². The Morgan fingerprint density at radius 1 is 1.29 bits per heavy atom. The lowest BCUT2D eigenvalue weighted by Gasteiger charge is -2.12. The van der Waals surface area contributed by atoms with Crippen molar-refractivity contribution in [1.29, 1.82) is 0 Å². The van der Waals surface area contributed by atoms with Crippen LogP contribution in [0.25, 0.3) is 0 Å². The van der Waals surface area contributed by atoms with Crippen LogP contribution in [0.3, 0.4) is 0 Å². The highest BCUT2D eigenvalue weighted by atomic mass is 16.5. The summed E-state index contributed by atoms with van der Waals surface area (Å²) in [7, 11) is 1.78. The molecule has 0 saturated carbocycles. The molecule has 7 nitrogen and oxygen atoms in total. The van der Waals surface area contributed by atoms with Crippen LogP contribution in [-0.2, 0) is 25.9 Å². The molecular formula is C17H28N6O. The van der Waals surface area contributed by atoms with Gasteiger partial charge >= 0.3 is 0 Å². The first-order valence-corrected chi connectivity index (χ1v) is 8.57. The SMILES string of the molecule is CCc1noc(CC)c1CNC(=NC)NCCCn1cc(C)cn1. The maximum Gasteiger partial charge on any atom is 0.191 e. The van der Waals surface area contributed by atoms with E-state index in [0.717, 1.165) is 55.3 Å². The predicted molar refractivity (Wildman–Crippen MR) is 95.0 cm³/mol. The van der Waals surface area contributed by atoms with Crippen LogP contribution in [0.5, 0.6) is 0 Å². The van der Waals surface area contributed by atoms with Crippen LogP contribution >= 0.6 is 0 Å². The average molecular weight is 332 g/mol. The van der Waals surface area contributed by atoms with Crippen molar-refractivity contribution >= 4 is 5.96 Å². The van der Waals surface area contributed by atoms with Gasteiger partial charge in [-0.25, -0.2) is 0 Å². The van der Waals surface area contributed by atoms with Crippen LogP contribution in [0.15, 0.2) is 21.9 Å². The first kappa shape index (κ1) is 18.0. The lowest BCUT2D eigenvalue weighted by atomic mass is 10.1. The summed E-state index contributed by atoms with van der Waals surface area (Å²) in [6.07, 6.45) is 6.63. The van der Waals surface area contributed by atoms with Crippen molar-refractivity contribution in [1.82, 2.24) is 25.6 Å². The van der Waals surface area contributed by atoms with Crippen LogP contribution in [0.1, 0.15) is 42.8 Å². The molecule has 0 saturated heterocycles. The van der Waals surface area contributed by atoms with Gasteiger partial charge in [0.25, 0.3) is 0 Å². The van der Waals surface area contributed by atoms with E-state index in [-0.39, 0.29) is 0 Å². The molecule has 0 bridgehead atoms. The van der Waals surface area contributed by atoms with Gasteiger partial charge in [-0.2, -0.15) is 5.10 Å². The van der Waals surface area contributed by atoms with Crippen molar-refractivity contribution in [2.75, 3.05) is 13.6 Å². The van der Waals surface area contributed by atoms with E-state index in [1.165, 1.54) is 5.56 Å². The zero-order valence-corrected chi connectivity index (χ0v) is 15.1. The summed E-state index contributed by atoms with van der Waals surface area (Å²) < 4.78 is 7.35. The second kappa shape index (κ2) is 9.10. The number of nitrogens with zero attached hydrogens (tertiary/aromatic N) is 4. The minimum atomic E-state index is 0.674. The van der Waals surface area contributed by atoms with Crippen LogP contribution in [0, 0.1) is 6.92 Å². The van der Waals surface area contributed by atoms with Crippen molar-refractivity contribution in [3.63, 3.8) is 0 Å². The molecule has 0 aliphatic carbocycles. The van der Waals surface area contributed by atoms with Crippen molar-refractivity contribution in [3.05, 3.63) is 35.0 Å². The van der Waals surface area contributed by atoms with E-state index in [0.29, 0.717) is 6.54 Å². The van der Waals surface area contributed by atoms with Crippen molar-refractivity contribution in [2.45, 2.75) is 53.1 Å². The van der Waals surface area contributed by atoms with E-state index < -0.39 is 0 Å². The molecule has 0 aliphatic rings. The average Bonchev–Trinajstić information content (AvgIpc) is 3.19. The monoisotopic (exact) mass is 332 g/mol. The third kappa shape index (κ3) is 4.84. The molecule has 2 rings (SSSR count). The molecule has 7 heteroatoms. The van der Waals surface area contributed by atoms with Gasteiger partial charge in [0.15, 0.2) is 5.96 Å². The highest BCUT2D eigenvalue weighted by molar-refractivity contribution is 5.79. The Balaban J connectivity index is 1.77. The summed E-state index contributed by atoms with van der Waals surface area (Å²) in [5.41, 5.74) is 3.35. The summed E-state index contributed by atoms with van der Waals surface area (Å²) >= 11 is 0. The van der Waals surface area contributed by atoms with Crippen LogP contribution in [-0.4, -0.2) is 34.5 Å². The number of hydrogen-bond acceptors (Lipinski definition) is 4. The van der Waals surface area contributed by atoms with Crippen LogP contribution in [0.4, 0.5) is 0 Å². The lowest BCUT2D eigenvalue weighted by molar-refractivity contribution is 0.380. The Hall–Kier alpha value is -2.31. The summed E-state index contributed by atoms with van der Waals surface area (Å²) in [5.74, 6) is 1.74. The zero-order chi connectivity index (χ0) is 17.4. The zero-order valence-electron chi connectivity index (χ0n) is 15.1. The fourth-order valence-corrected chi connectivity index (χ4v) is 2.57. The molecule has 132 valence electrons. The fraction of sp³-hybridized carbons (Fsp3) is 0.588. The number of aromatic nitrogens is 3. The molecule has 2 aromatic rings. The number of nitrogens with one attached hydrogen (secondary N) is 2. The van der Waals surface area contributed by atoms with E-state index in [1.807, 2.05) is 17.8 Å². The molecule has 24 heavy (non-hydrogen) atoms. The highest BCUT2D eigenvalue weighted by Gasteiger charge is 2.13. The topological polar surface area (TPSA) is 80.3 Å². The van der Waals surface area contributed by atoms with Crippen molar-refractivity contribution in [2.24, 2.45) is 4.99 Å². The minimum absolute atomic E-state index is 0.674. The van der Waals surface area contributed by atoms with Crippen molar-refractivity contribution in [3.8, 4) is 0 Å². The van der Waals surface area contributed by atoms with Gasteiger partial charge in [0.1, 0.15) is 5.76 Å². The largest absolute Gasteiger partial charge is 0.361 e. The van der Waals surface area contributed by atoms with Crippen LogP contribution in [0.2, 0.25) is 0 Å². The minimum Gasteiger partial charge on any atom is -0.361 e. The predicted octanol–water partition coefficient (Wildman–Crippen LogP) is 2.06. The molecule has 0 atom stereocenters. The second-order valence-corrected chi connectivity index (χ2v) is 5.72. The molecule has 0 aliphatic heterocycles. The van der Waals surface area contributed by atoms with Crippen LogP contribution < -0.4 is 10.6 Å². The first-order chi connectivity index (χ1) is 11.7. The lowest BCUT2D eigenvalue weighted by Crippen LogP contribution is -2.37. The second-order valence-electron chi connectivity index (χ2n) is 5.72. The fourth-order valence-electron chi connectivity index (χ4n) is 2.57. The van der Waals surface area contributed by atoms with E-state index in [1.54, 1.807) is 7.05 Å². The Kier molecular flexibility index (Phi) is 6.84. The maximum absolute atomic E-state index is 5.39. The number of guanidine groups is 1. The maximum atomic E-state index is 5.39. The number of aliphatic imine (C=N–C) groups is 1. The number of aryl methyl sites for hydroxylation is 4. The molecule has 2 aromatic heterocycles. The Labute approximate surface area is 143 Å². The van der Waals surface area contributed by atoms with Gasteiger partial charge in [-0.05, 0) is 25.3 Å². The molecule has 0 aromatic carbocycles. The Morgan fingerprint density at radius 2 is 2.12 bits per heavy atom. The normalized spacial score (nSPS) is 11.8. The molecule has 0 spiro atoms. The molecule has 0 radical (unpaired) electrons.